The van der Waals surface area contributed by atoms with Gasteiger partial charge in [0, 0.05) is 50.7 Å². The minimum atomic E-state index is -0.287. The number of piperidine rings is 1. The van der Waals surface area contributed by atoms with Crippen LogP contribution in [-0.4, -0.2) is 46.7 Å². The van der Waals surface area contributed by atoms with E-state index in [2.05, 4.69) is 10.5 Å². The van der Waals surface area contributed by atoms with Gasteiger partial charge in [0.05, 0.1) is 5.56 Å². The summed E-state index contributed by atoms with van der Waals surface area (Å²) in [6.07, 6.45) is 2.84. The van der Waals surface area contributed by atoms with Gasteiger partial charge in [-0.2, -0.15) is 0 Å². The van der Waals surface area contributed by atoms with E-state index in [1.165, 1.54) is 6.92 Å². The van der Waals surface area contributed by atoms with Crippen LogP contribution in [0.4, 0.5) is 5.69 Å². The number of amides is 2. The first-order valence-electron chi connectivity index (χ1n) is 11.0. The van der Waals surface area contributed by atoms with Crippen molar-refractivity contribution in [3.05, 3.63) is 59.7 Å². The van der Waals surface area contributed by atoms with Crippen molar-refractivity contribution in [2.75, 3.05) is 18.4 Å². The number of ketones is 1. The second-order valence-electron chi connectivity index (χ2n) is 8.16. The van der Waals surface area contributed by atoms with Crippen LogP contribution in [0.1, 0.15) is 60.2 Å². The van der Waals surface area contributed by atoms with Gasteiger partial charge in [-0.15, -0.1) is 0 Å². The highest BCUT2D eigenvalue weighted by atomic mass is 16.5. The summed E-state index contributed by atoms with van der Waals surface area (Å²) in [7, 11) is 0. The van der Waals surface area contributed by atoms with Gasteiger partial charge in [0.15, 0.2) is 5.78 Å². The van der Waals surface area contributed by atoms with Crippen molar-refractivity contribution in [3.8, 4) is 5.75 Å². The standard InChI is InChI=1S/C25H29N3O5/c1-17(27-32)33-24-16-21(26-25(31)20-6-4-3-5-7-20)9-10-22(24)23(30)11-8-19-12-14-28(15-13-19)18(2)29/h3-7,9-10,16,19,32H,8,11-15H2,1-2H3,(H,26,31). The van der Waals surface area contributed by atoms with Gasteiger partial charge < -0.3 is 20.2 Å². The van der Waals surface area contributed by atoms with E-state index >= 15 is 0 Å². The molecular formula is C25H29N3O5. The Morgan fingerprint density at radius 2 is 1.79 bits per heavy atom. The summed E-state index contributed by atoms with van der Waals surface area (Å²) in [5, 5.41) is 14.8. The summed E-state index contributed by atoms with van der Waals surface area (Å²) in [5.74, 6) is 0.293. The third-order valence-corrected chi connectivity index (χ3v) is 5.81. The number of ether oxygens (including phenoxy) is 1. The number of Topliss-reactive ketones (excluding diaryl/α,β-unsaturated/α-hetero) is 1. The fourth-order valence-electron chi connectivity index (χ4n) is 3.89. The van der Waals surface area contributed by atoms with Gasteiger partial charge >= 0.3 is 0 Å². The molecule has 1 aliphatic heterocycles. The van der Waals surface area contributed by atoms with Gasteiger partial charge in [0.25, 0.3) is 5.91 Å². The molecule has 0 atom stereocenters. The second kappa shape index (κ2) is 11.3. The molecule has 1 heterocycles. The summed E-state index contributed by atoms with van der Waals surface area (Å²) in [5.41, 5.74) is 1.32. The second-order valence-corrected chi connectivity index (χ2v) is 8.16. The summed E-state index contributed by atoms with van der Waals surface area (Å²) >= 11 is 0. The van der Waals surface area contributed by atoms with Gasteiger partial charge in [-0.05, 0) is 49.4 Å². The highest BCUT2D eigenvalue weighted by molar-refractivity contribution is 6.05. The van der Waals surface area contributed by atoms with Crippen LogP contribution >= 0.6 is 0 Å². The number of likely N-dealkylation sites (tertiary alicyclic amines) is 1. The maximum atomic E-state index is 13.0. The minimum Gasteiger partial charge on any atom is -0.439 e. The topological polar surface area (TPSA) is 108 Å². The van der Waals surface area contributed by atoms with Gasteiger partial charge in [-0.1, -0.05) is 23.4 Å². The van der Waals surface area contributed by atoms with E-state index < -0.39 is 0 Å². The maximum Gasteiger partial charge on any atom is 0.255 e. The Balaban J connectivity index is 1.69. The van der Waals surface area contributed by atoms with Crippen LogP contribution in [0.15, 0.2) is 53.7 Å². The molecule has 8 heteroatoms. The van der Waals surface area contributed by atoms with Gasteiger partial charge in [-0.25, -0.2) is 0 Å². The molecular weight excluding hydrogens is 422 g/mol. The number of carbonyl (C=O) groups excluding carboxylic acids is 3. The van der Waals surface area contributed by atoms with Crippen LogP contribution in [0, 0.1) is 5.92 Å². The molecule has 0 saturated carbocycles. The fraction of sp³-hybridized carbons (Fsp3) is 0.360. The average Bonchev–Trinajstić information content (AvgIpc) is 2.83. The quantitative estimate of drug-likeness (QED) is 0.214. The minimum absolute atomic E-state index is 0.0211. The first kappa shape index (κ1) is 24.0. The third-order valence-electron chi connectivity index (χ3n) is 5.81. The van der Waals surface area contributed by atoms with Crippen molar-refractivity contribution >= 4 is 29.2 Å². The molecule has 0 aliphatic carbocycles. The maximum absolute atomic E-state index is 13.0. The lowest BCUT2D eigenvalue weighted by molar-refractivity contribution is -0.130. The largest absolute Gasteiger partial charge is 0.439 e. The van der Waals surface area contributed by atoms with Crippen LogP contribution in [0.5, 0.6) is 5.75 Å². The molecule has 1 saturated heterocycles. The Morgan fingerprint density at radius 1 is 1.09 bits per heavy atom. The zero-order valence-corrected chi connectivity index (χ0v) is 18.9. The highest BCUT2D eigenvalue weighted by Gasteiger charge is 2.22. The molecule has 33 heavy (non-hydrogen) atoms. The molecule has 1 aliphatic rings. The van der Waals surface area contributed by atoms with E-state index in [0.29, 0.717) is 29.2 Å². The van der Waals surface area contributed by atoms with Crippen LogP contribution in [0.2, 0.25) is 0 Å². The first-order chi connectivity index (χ1) is 15.9. The van der Waals surface area contributed by atoms with E-state index in [9.17, 15) is 14.4 Å². The zero-order valence-electron chi connectivity index (χ0n) is 18.9. The SMILES string of the molecule is CC(=O)N1CCC(CCC(=O)c2ccc(NC(=O)c3ccccc3)cc2OC(C)=NO)CC1. The zero-order chi connectivity index (χ0) is 23.8. The molecule has 3 rings (SSSR count). The monoisotopic (exact) mass is 451 g/mol. The molecule has 0 radical (unpaired) electrons. The van der Waals surface area contributed by atoms with Crippen molar-refractivity contribution in [2.24, 2.45) is 11.1 Å². The number of anilines is 1. The molecule has 2 aromatic carbocycles. The number of hydrogen-bond acceptors (Lipinski definition) is 6. The lowest BCUT2D eigenvalue weighted by Gasteiger charge is -2.31. The number of hydrogen-bond donors (Lipinski definition) is 2. The molecule has 2 aromatic rings. The van der Waals surface area contributed by atoms with Gasteiger partial charge in [0.1, 0.15) is 5.75 Å². The number of carbonyl (C=O) groups is 3. The first-order valence-corrected chi connectivity index (χ1v) is 11.0. The highest BCUT2D eigenvalue weighted by Crippen LogP contribution is 2.28. The Labute approximate surface area is 193 Å². The fourth-order valence-corrected chi connectivity index (χ4v) is 3.89. The van der Waals surface area contributed by atoms with Crippen molar-refractivity contribution in [2.45, 2.75) is 39.5 Å². The van der Waals surface area contributed by atoms with Crippen molar-refractivity contribution < 1.29 is 24.3 Å². The molecule has 174 valence electrons. The smallest absolute Gasteiger partial charge is 0.255 e. The predicted octanol–water partition coefficient (Wildman–Crippen LogP) is 4.35. The van der Waals surface area contributed by atoms with Crippen molar-refractivity contribution in [1.29, 1.82) is 0 Å². The van der Waals surface area contributed by atoms with Crippen LogP contribution < -0.4 is 10.1 Å². The van der Waals surface area contributed by atoms with Crippen molar-refractivity contribution in [1.82, 2.24) is 4.90 Å². The Morgan fingerprint density at radius 3 is 2.42 bits per heavy atom. The van der Waals surface area contributed by atoms with E-state index in [1.54, 1.807) is 49.4 Å². The summed E-state index contributed by atoms with van der Waals surface area (Å²) in [6, 6.07) is 13.6. The molecule has 2 N–H and O–H groups in total. The van der Waals surface area contributed by atoms with Crippen LogP contribution in [0.25, 0.3) is 0 Å². The molecule has 2 amide bonds. The van der Waals surface area contributed by atoms with E-state index in [0.717, 1.165) is 32.4 Å². The number of nitrogens with zero attached hydrogens (tertiary/aromatic N) is 2. The van der Waals surface area contributed by atoms with Gasteiger partial charge in [-0.3, -0.25) is 14.4 Å². The van der Waals surface area contributed by atoms with Crippen LogP contribution in [-0.2, 0) is 4.79 Å². The number of nitrogens with one attached hydrogen (secondary N) is 1. The van der Waals surface area contributed by atoms with E-state index in [1.807, 2.05) is 11.0 Å². The molecule has 0 aromatic heterocycles. The molecule has 0 bridgehead atoms. The predicted molar refractivity (Wildman–Crippen MR) is 125 cm³/mol. The Bertz CT molecular complexity index is 1030. The van der Waals surface area contributed by atoms with Crippen LogP contribution in [0.3, 0.4) is 0 Å². The third kappa shape index (κ3) is 6.65. The lowest BCUT2D eigenvalue weighted by Crippen LogP contribution is -2.37. The van der Waals surface area contributed by atoms with E-state index in [4.69, 9.17) is 9.94 Å². The molecule has 8 nitrogen and oxygen atoms in total. The van der Waals surface area contributed by atoms with E-state index in [-0.39, 0.29) is 29.2 Å². The number of benzene rings is 2. The lowest BCUT2D eigenvalue weighted by atomic mass is 9.90. The summed E-state index contributed by atoms with van der Waals surface area (Å²) in [4.78, 5) is 38.8. The summed E-state index contributed by atoms with van der Waals surface area (Å²) in [6.45, 7) is 4.50. The number of rotatable bonds is 7. The van der Waals surface area contributed by atoms with Gasteiger partial charge in [0.2, 0.25) is 11.8 Å². The average molecular weight is 452 g/mol. The molecule has 0 unspecified atom stereocenters. The molecule has 0 spiro atoms. The van der Waals surface area contributed by atoms with Crippen molar-refractivity contribution in [3.63, 3.8) is 0 Å². The molecule has 1 fully saturated rings. The Hall–Kier alpha value is -3.68. The number of oxime groups is 1. The summed E-state index contributed by atoms with van der Waals surface area (Å²) < 4.78 is 5.56. The Kier molecular flexibility index (Phi) is 8.18. The normalized spacial score (nSPS) is 14.6.